The number of aromatic nitrogens is 4. The number of hydrogen-bond donors (Lipinski definition) is 1. The van der Waals surface area contributed by atoms with Crippen LogP contribution in [0.15, 0.2) is 22.2 Å². The lowest BCUT2D eigenvalue weighted by molar-refractivity contribution is -0.396. The fraction of sp³-hybridized carbons (Fsp3) is 0.111. The molecule has 2 rings (SSSR count). The third-order valence-electron chi connectivity index (χ3n) is 2.47. The molecule has 114 valence electrons. The third-order valence-corrected chi connectivity index (χ3v) is 3.63. The van der Waals surface area contributed by atoms with E-state index in [9.17, 15) is 25.0 Å². The zero-order valence-electron chi connectivity index (χ0n) is 10.7. The Morgan fingerprint density at radius 2 is 2.00 bits per heavy atom. The molecule has 0 aliphatic rings. The number of tetrazole rings is 1. The maximum Gasteiger partial charge on any atom is 0.337 e. The van der Waals surface area contributed by atoms with E-state index in [1.807, 2.05) is 0 Å². The number of carboxylic acids is 1. The summed E-state index contributed by atoms with van der Waals surface area (Å²) in [5.74, 6) is -1.54. The van der Waals surface area contributed by atoms with E-state index in [2.05, 4.69) is 15.5 Å². The number of aromatic carboxylic acids is 1. The van der Waals surface area contributed by atoms with Gasteiger partial charge >= 0.3 is 5.97 Å². The fourth-order valence-corrected chi connectivity index (χ4v) is 2.43. The number of rotatable bonds is 5. The average Bonchev–Trinajstić information content (AvgIpc) is 2.83. The minimum atomic E-state index is -1.54. The van der Waals surface area contributed by atoms with Gasteiger partial charge < -0.3 is 5.11 Å². The molecule has 0 saturated carbocycles. The molecule has 0 saturated heterocycles. The second-order valence-corrected chi connectivity index (χ2v) is 4.83. The van der Waals surface area contributed by atoms with E-state index < -0.39 is 32.8 Å². The van der Waals surface area contributed by atoms with Crippen molar-refractivity contribution in [3.63, 3.8) is 0 Å². The molecule has 0 radical (unpaired) electrons. The van der Waals surface area contributed by atoms with Crippen LogP contribution in [-0.2, 0) is 7.05 Å². The van der Waals surface area contributed by atoms with Gasteiger partial charge in [-0.25, -0.2) is 9.48 Å². The smallest absolute Gasteiger partial charge is 0.337 e. The number of hydrogen-bond acceptors (Lipinski definition) is 9. The predicted octanol–water partition coefficient (Wildman–Crippen LogP) is 0.876. The normalized spacial score (nSPS) is 10.4. The van der Waals surface area contributed by atoms with Gasteiger partial charge in [0.1, 0.15) is 4.90 Å². The molecular weight excluding hydrogens is 320 g/mol. The average molecular weight is 326 g/mol. The number of nitro groups is 2. The van der Waals surface area contributed by atoms with Crippen LogP contribution < -0.4 is 0 Å². The molecule has 0 bridgehead atoms. The first-order valence-corrected chi connectivity index (χ1v) is 6.23. The van der Waals surface area contributed by atoms with Crippen LogP contribution in [-0.4, -0.2) is 41.1 Å². The highest BCUT2D eigenvalue weighted by Crippen LogP contribution is 2.39. The van der Waals surface area contributed by atoms with Gasteiger partial charge in [0.2, 0.25) is 5.16 Å². The number of nitrogens with zero attached hydrogens (tertiary/aromatic N) is 6. The lowest BCUT2D eigenvalue weighted by atomic mass is 10.1. The molecule has 0 amide bonds. The summed E-state index contributed by atoms with van der Waals surface area (Å²) in [7, 11) is 1.46. The topological polar surface area (TPSA) is 167 Å². The molecule has 22 heavy (non-hydrogen) atoms. The molecule has 0 aliphatic heterocycles. The molecule has 1 N–H and O–H groups in total. The van der Waals surface area contributed by atoms with E-state index >= 15 is 0 Å². The summed E-state index contributed by atoms with van der Waals surface area (Å²) >= 11 is 0.633. The Balaban J connectivity index is 2.68. The summed E-state index contributed by atoms with van der Waals surface area (Å²) in [5, 5.41) is 41.6. The molecular formula is C9H6N6O6S. The molecule has 0 atom stereocenters. The van der Waals surface area contributed by atoms with Crippen LogP contribution in [0, 0.1) is 20.2 Å². The quantitative estimate of drug-likeness (QED) is 0.614. The van der Waals surface area contributed by atoms with Crippen molar-refractivity contribution in [2.45, 2.75) is 10.1 Å². The van der Waals surface area contributed by atoms with Gasteiger partial charge in [0.15, 0.2) is 0 Å². The Labute approximate surface area is 125 Å². The Morgan fingerprint density at radius 1 is 1.32 bits per heavy atom. The van der Waals surface area contributed by atoms with Crippen molar-refractivity contribution >= 4 is 29.1 Å². The van der Waals surface area contributed by atoms with Crippen molar-refractivity contribution in [2.75, 3.05) is 0 Å². The van der Waals surface area contributed by atoms with Crippen LogP contribution in [0.3, 0.4) is 0 Å². The van der Waals surface area contributed by atoms with Gasteiger partial charge in [-0.3, -0.25) is 20.2 Å². The first kappa shape index (κ1) is 15.3. The number of nitro benzene ring substituents is 2. The van der Waals surface area contributed by atoms with Crippen LogP contribution in [0.2, 0.25) is 0 Å². The van der Waals surface area contributed by atoms with Crippen LogP contribution >= 0.6 is 11.8 Å². The fourth-order valence-electron chi connectivity index (χ4n) is 1.50. The highest BCUT2D eigenvalue weighted by atomic mass is 32.2. The van der Waals surface area contributed by atoms with Gasteiger partial charge in [0.25, 0.3) is 11.4 Å². The molecule has 1 heterocycles. The molecule has 1 aromatic carbocycles. The Morgan fingerprint density at radius 3 is 2.45 bits per heavy atom. The van der Waals surface area contributed by atoms with E-state index in [1.54, 1.807) is 0 Å². The van der Waals surface area contributed by atoms with Crippen molar-refractivity contribution in [2.24, 2.45) is 7.05 Å². The summed E-state index contributed by atoms with van der Waals surface area (Å²) in [5.41, 5.74) is -1.97. The van der Waals surface area contributed by atoms with Crippen molar-refractivity contribution in [1.82, 2.24) is 20.2 Å². The first-order chi connectivity index (χ1) is 10.3. The van der Waals surface area contributed by atoms with Gasteiger partial charge in [-0.15, -0.1) is 5.10 Å². The monoisotopic (exact) mass is 326 g/mol. The van der Waals surface area contributed by atoms with Crippen LogP contribution in [0.25, 0.3) is 0 Å². The van der Waals surface area contributed by atoms with Crippen molar-refractivity contribution in [1.29, 1.82) is 0 Å². The van der Waals surface area contributed by atoms with Crippen molar-refractivity contribution < 1.29 is 19.7 Å². The van der Waals surface area contributed by atoms with Crippen LogP contribution in [0.1, 0.15) is 10.4 Å². The number of non-ortho nitro benzene ring substituents is 1. The van der Waals surface area contributed by atoms with Crippen LogP contribution in [0.4, 0.5) is 11.4 Å². The molecule has 0 fully saturated rings. The molecule has 1 aromatic heterocycles. The molecule has 13 heteroatoms. The highest BCUT2D eigenvalue weighted by Gasteiger charge is 2.29. The van der Waals surface area contributed by atoms with Gasteiger partial charge in [-0.2, -0.15) is 0 Å². The third kappa shape index (κ3) is 2.83. The lowest BCUT2D eigenvalue weighted by Gasteiger charge is -2.05. The van der Waals surface area contributed by atoms with E-state index in [-0.39, 0.29) is 10.1 Å². The van der Waals surface area contributed by atoms with Crippen molar-refractivity contribution in [3.05, 3.63) is 37.9 Å². The first-order valence-electron chi connectivity index (χ1n) is 5.41. The van der Waals surface area contributed by atoms with E-state index in [1.165, 1.54) is 11.7 Å². The summed E-state index contributed by atoms with van der Waals surface area (Å²) < 4.78 is 1.18. The maximum atomic E-state index is 11.3. The lowest BCUT2D eigenvalue weighted by Crippen LogP contribution is -2.05. The zero-order chi connectivity index (χ0) is 16.4. The summed E-state index contributed by atoms with van der Waals surface area (Å²) in [6, 6.07) is 1.44. The predicted molar refractivity (Wildman–Crippen MR) is 69.6 cm³/mol. The molecule has 0 unspecified atom stereocenters. The maximum absolute atomic E-state index is 11.3. The SMILES string of the molecule is Cn1nnnc1Sc1c(C(=O)O)cc([N+](=O)[O-])cc1[N+](=O)[O-]. The number of benzene rings is 1. The summed E-state index contributed by atoms with van der Waals surface area (Å²) in [6.45, 7) is 0. The van der Waals surface area contributed by atoms with Gasteiger partial charge in [-0.05, 0) is 22.2 Å². The minimum Gasteiger partial charge on any atom is -0.478 e. The van der Waals surface area contributed by atoms with Gasteiger partial charge in [0.05, 0.1) is 21.5 Å². The Bertz CT molecular complexity index is 754. The standard InChI is InChI=1S/C9H6N6O6S/c1-13-9(10-11-12-13)22-7-5(8(16)17)2-4(14(18)19)3-6(7)15(20)21/h2-3H,1H3,(H,16,17). The zero-order valence-corrected chi connectivity index (χ0v) is 11.6. The summed E-state index contributed by atoms with van der Waals surface area (Å²) in [6.07, 6.45) is 0. The molecule has 2 aromatic rings. The van der Waals surface area contributed by atoms with Crippen molar-refractivity contribution in [3.8, 4) is 0 Å². The summed E-state index contributed by atoms with van der Waals surface area (Å²) in [4.78, 5) is 31.1. The van der Waals surface area contributed by atoms with Gasteiger partial charge in [-0.1, -0.05) is 0 Å². The molecule has 12 nitrogen and oxygen atoms in total. The second kappa shape index (κ2) is 5.72. The Hall–Kier alpha value is -3.09. The second-order valence-electron chi connectivity index (χ2n) is 3.85. The number of aryl methyl sites for hydroxylation is 1. The number of carbonyl (C=O) groups is 1. The number of carboxylic acid groups (broad SMARTS) is 1. The minimum absolute atomic E-state index is 0.0967. The van der Waals surface area contributed by atoms with E-state index in [0.717, 1.165) is 6.07 Å². The van der Waals surface area contributed by atoms with Crippen LogP contribution in [0.5, 0.6) is 0 Å². The largest absolute Gasteiger partial charge is 0.478 e. The van der Waals surface area contributed by atoms with E-state index in [4.69, 9.17) is 5.11 Å². The molecule has 0 aliphatic carbocycles. The highest BCUT2D eigenvalue weighted by molar-refractivity contribution is 7.99. The van der Waals surface area contributed by atoms with Gasteiger partial charge in [0, 0.05) is 13.1 Å². The van der Waals surface area contributed by atoms with E-state index in [0.29, 0.717) is 17.8 Å². The molecule has 0 spiro atoms. The Kier molecular flexibility index (Phi) is 3.98.